The first kappa shape index (κ1) is 15.6. The molecule has 7 nitrogen and oxygen atoms in total. The van der Waals surface area contributed by atoms with E-state index in [0.717, 1.165) is 5.69 Å². The first-order chi connectivity index (χ1) is 11.2. The van der Waals surface area contributed by atoms with Crippen molar-refractivity contribution >= 4 is 5.91 Å². The summed E-state index contributed by atoms with van der Waals surface area (Å²) in [4.78, 5) is 16.4. The molecule has 1 aliphatic heterocycles. The molecule has 0 unspecified atom stereocenters. The van der Waals surface area contributed by atoms with E-state index in [1.807, 2.05) is 18.2 Å². The maximum atomic E-state index is 12.2. The van der Waals surface area contributed by atoms with Crippen molar-refractivity contribution in [2.45, 2.75) is 32.1 Å². The van der Waals surface area contributed by atoms with Crippen molar-refractivity contribution in [1.82, 2.24) is 15.5 Å². The highest BCUT2D eigenvalue weighted by atomic mass is 16.5. The SMILES string of the molecule is Cc1cc(C(=O)N[C@@H]2CCOC[C@H]2OCc2ccccn2)on1. The van der Waals surface area contributed by atoms with Crippen LogP contribution in [0.5, 0.6) is 0 Å². The average Bonchev–Trinajstić information content (AvgIpc) is 3.02. The van der Waals surface area contributed by atoms with E-state index in [9.17, 15) is 4.79 Å². The predicted octanol–water partition coefficient (Wildman–Crippen LogP) is 1.48. The minimum absolute atomic E-state index is 0.134. The molecule has 0 spiro atoms. The summed E-state index contributed by atoms with van der Waals surface area (Å²) < 4.78 is 16.3. The van der Waals surface area contributed by atoms with Gasteiger partial charge in [-0.05, 0) is 25.5 Å². The molecule has 23 heavy (non-hydrogen) atoms. The van der Waals surface area contributed by atoms with Gasteiger partial charge in [0, 0.05) is 18.9 Å². The van der Waals surface area contributed by atoms with E-state index in [0.29, 0.717) is 31.9 Å². The van der Waals surface area contributed by atoms with Crippen molar-refractivity contribution in [1.29, 1.82) is 0 Å². The number of hydrogen-bond donors (Lipinski definition) is 1. The van der Waals surface area contributed by atoms with Crippen LogP contribution < -0.4 is 5.32 Å². The summed E-state index contributed by atoms with van der Waals surface area (Å²) in [5.74, 6) is -0.0820. The van der Waals surface area contributed by atoms with Gasteiger partial charge < -0.3 is 19.3 Å². The van der Waals surface area contributed by atoms with Crippen LogP contribution in [0.2, 0.25) is 0 Å². The number of rotatable bonds is 5. The Morgan fingerprint density at radius 1 is 1.48 bits per heavy atom. The van der Waals surface area contributed by atoms with E-state index in [-0.39, 0.29) is 23.8 Å². The molecular formula is C16H19N3O4. The van der Waals surface area contributed by atoms with E-state index < -0.39 is 0 Å². The number of nitrogens with one attached hydrogen (secondary N) is 1. The van der Waals surface area contributed by atoms with Gasteiger partial charge in [0.2, 0.25) is 5.76 Å². The topological polar surface area (TPSA) is 86.5 Å². The lowest BCUT2D eigenvalue weighted by Crippen LogP contribution is -2.49. The molecule has 0 bridgehead atoms. The summed E-state index contributed by atoms with van der Waals surface area (Å²) in [6, 6.07) is 7.14. The Kier molecular flexibility index (Phi) is 4.99. The standard InChI is InChI=1S/C16H19N3O4/c1-11-8-14(23-19-11)16(20)18-13-5-7-21-10-15(13)22-9-12-4-2-3-6-17-12/h2-4,6,8,13,15H,5,7,9-10H2,1H3,(H,18,20)/t13-,15-/m1/s1. The van der Waals surface area contributed by atoms with Crippen molar-refractivity contribution in [3.8, 4) is 0 Å². The molecule has 1 amide bonds. The molecule has 3 heterocycles. The van der Waals surface area contributed by atoms with Gasteiger partial charge in [-0.1, -0.05) is 11.2 Å². The van der Waals surface area contributed by atoms with Crippen LogP contribution in [0.15, 0.2) is 35.0 Å². The van der Waals surface area contributed by atoms with Crippen LogP contribution in [0.1, 0.15) is 28.4 Å². The molecule has 0 aliphatic carbocycles. The number of aromatic nitrogens is 2. The highest BCUT2D eigenvalue weighted by Gasteiger charge is 2.29. The number of amides is 1. The fourth-order valence-electron chi connectivity index (χ4n) is 2.43. The molecule has 2 atom stereocenters. The van der Waals surface area contributed by atoms with Crippen LogP contribution in [0, 0.1) is 6.92 Å². The van der Waals surface area contributed by atoms with Crippen molar-refractivity contribution in [3.63, 3.8) is 0 Å². The van der Waals surface area contributed by atoms with Gasteiger partial charge in [0.05, 0.1) is 30.6 Å². The zero-order valence-electron chi connectivity index (χ0n) is 12.9. The maximum Gasteiger partial charge on any atom is 0.290 e. The summed E-state index contributed by atoms with van der Waals surface area (Å²) in [5.41, 5.74) is 1.51. The molecule has 1 fully saturated rings. The molecule has 1 N–H and O–H groups in total. The van der Waals surface area contributed by atoms with Crippen molar-refractivity contribution in [2.24, 2.45) is 0 Å². The lowest BCUT2D eigenvalue weighted by atomic mass is 10.1. The van der Waals surface area contributed by atoms with Crippen LogP contribution in [-0.4, -0.2) is 41.4 Å². The summed E-state index contributed by atoms with van der Waals surface area (Å²) in [6.45, 7) is 3.17. The van der Waals surface area contributed by atoms with Gasteiger partial charge in [-0.25, -0.2) is 0 Å². The van der Waals surface area contributed by atoms with Gasteiger partial charge in [-0.3, -0.25) is 9.78 Å². The summed E-state index contributed by atoms with van der Waals surface area (Å²) >= 11 is 0. The minimum atomic E-state index is -0.288. The minimum Gasteiger partial charge on any atom is -0.379 e. The van der Waals surface area contributed by atoms with E-state index in [1.54, 1.807) is 19.2 Å². The van der Waals surface area contributed by atoms with Gasteiger partial charge >= 0.3 is 0 Å². The van der Waals surface area contributed by atoms with Crippen LogP contribution in [0.3, 0.4) is 0 Å². The van der Waals surface area contributed by atoms with Gasteiger partial charge in [0.25, 0.3) is 5.91 Å². The van der Waals surface area contributed by atoms with Crippen molar-refractivity contribution < 1.29 is 18.8 Å². The van der Waals surface area contributed by atoms with Gasteiger partial charge in [0.15, 0.2) is 0 Å². The molecule has 1 aliphatic rings. The molecule has 3 rings (SSSR count). The fourth-order valence-corrected chi connectivity index (χ4v) is 2.43. The molecule has 2 aromatic rings. The Balaban J connectivity index is 1.58. The van der Waals surface area contributed by atoms with Crippen LogP contribution >= 0.6 is 0 Å². The fraction of sp³-hybridized carbons (Fsp3) is 0.438. The Bertz CT molecular complexity index is 644. The zero-order chi connectivity index (χ0) is 16.1. The van der Waals surface area contributed by atoms with Crippen LogP contribution in [0.4, 0.5) is 0 Å². The predicted molar refractivity (Wildman–Crippen MR) is 80.7 cm³/mol. The molecule has 122 valence electrons. The summed E-state index contributed by atoms with van der Waals surface area (Å²) in [5, 5.41) is 6.66. The van der Waals surface area contributed by atoms with Gasteiger partial charge in [-0.15, -0.1) is 0 Å². The van der Waals surface area contributed by atoms with Crippen molar-refractivity contribution in [3.05, 3.63) is 47.6 Å². The Labute approximate surface area is 134 Å². The van der Waals surface area contributed by atoms with Gasteiger partial charge in [0.1, 0.15) is 6.10 Å². The Morgan fingerprint density at radius 3 is 3.13 bits per heavy atom. The quantitative estimate of drug-likeness (QED) is 0.899. The second-order valence-electron chi connectivity index (χ2n) is 5.45. The van der Waals surface area contributed by atoms with Crippen LogP contribution in [-0.2, 0) is 16.1 Å². The molecule has 7 heteroatoms. The highest BCUT2D eigenvalue weighted by molar-refractivity contribution is 5.91. The van der Waals surface area contributed by atoms with Crippen molar-refractivity contribution in [2.75, 3.05) is 13.2 Å². The molecule has 0 radical (unpaired) electrons. The van der Waals surface area contributed by atoms with Crippen LogP contribution in [0.25, 0.3) is 0 Å². The third kappa shape index (κ3) is 4.14. The molecule has 0 aromatic carbocycles. The monoisotopic (exact) mass is 317 g/mol. The average molecular weight is 317 g/mol. The number of pyridine rings is 1. The zero-order valence-corrected chi connectivity index (χ0v) is 12.9. The number of carbonyl (C=O) groups is 1. The molecular weight excluding hydrogens is 298 g/mol. The number of nitrogens with zero attached hydrogens (tertiary/aromatic N) is 2. The van der Waals surface area contributed by atoms with E-state index in [1.165, 1.54) is 0 Å². The Hall–Kier alpha value is -2.25. The second-order valence-corrected chi connectivity index (χ2v) is 5.45. The molecule has 1 saturated heterocycles. The summed E-state index contributed by atoms with van der Waals surface area (Å²) in [6.07, 6.45) is 2.19. The third-order valence-electron chi connectivity index (χ3n) is 3.64. The lowest BCUT2D eigenvalue weighted by Gasteiger charge is -2.31. The lowest BCUT2D eigenvalue weighted by molar-refractivity contribution is -0.0744. The normalized spacial score (nSPS) is 21.1. The van der Waals surface area contributed by atoms with Gasteiger partial charge in [-0.2, -0.15) is 0 Å². The number of aryl methyl sites for hydroxylation is 1. The second kappa shape index (κ2) is 7.34. The van der Waals surface area contributed by atoms with E-state index in [2.05, 4.69) is 15.5 Å². The van der Waals surface area contributed by atoms with E-state index in [4.69, 9.17) is 14.0 Å². The molecule has 2 aromatic heterocycles. The van der Waals surface area contributed by atoms with E-state index >= 15 is 0 Å². The maximum absolute atomic E-state index is 12.2. The number of hydrogen-bond acceptors (Lipinski definition) is 6. The Morgan fingerprint density at radius 2 is 2.39 bits per heavy atom. The smallest absolute Gasteiger partial charge is 0.290 e. The third-order valence-corrected chi connectivity index (χ3v) is 3.64. The first-order valence-electron chi connectivity index (χ1n) is 7.56. The first-order valence-corrected chi connectivity index (χ1v) is 7.56. The number of carbonyl (C=O) groups excluding carboxylic acids is 1. The largest absolute Gasteiger partial charge is 0.379 e. The molecule has 0 saturated carbocycles. The number of ether oxygens (including phenoxy) is 2. The highest BCUT2D eigenvalue weighted by Crippen LogP contribution is 2.14. The summed E-state index contributed by atoms with van der Waals surface area (Å²) in [7, 11) is 0.